The van der Waals surface area contributed by atoms with Crippen LogP contribution in [0.3, 0.4) is 0 Å². The second-order valence-electron chi connectivity index (χ2n) is 10.7. The highest BCUT2D eigenvalue weighted by Crippen LogP contribution is 2.32. The summed E-state index contributed by atoms with van der Waals surface area (Å²) in [4.78, 5) is 44.5. The van der Waals surface area contributed by atoms with E-state index in [0.29, 0.717) is 38.5 Å². The molecular formula is C25H43N3O5. The zero-order valence-electron chi connectivity index (χ0n) is 21.2. The van der Waals surface area contributed by atoms with Crippen LogP contribution in [0.2, 0.25) is 0 Å². The monoisotopic (exact) mass is 465 g/mol. The summed E-state index contributed by atoms with van der Waals surface area (Å²) in [5.41, 5.74) is -0.708. The summed E-state index contributed by atoms with van der Waals surface area (Å²) in [5, 5.41) is 0. The van der Waals surface area contributed by atoms with E-state index < -0.39 is 11.9 Å². The summed E-state index contributed by atoms with van der Waals surface area (Å²) in [5.74, 6) is -1.13. The molecule has 1 amide bonds. The average Bonchev–Trinajstić information content (AvgIpc) is 3.65. The molecule has 0 N–H and O–H groups in total. The van der Waals surface area contributed by atoms with Crippen molar-refractivity contribution >= 4 is 17.7 Å². The van der Waals surface area contributed by atoms with Gasteiger partial charge < -0.3 is 14.4 Å². The molecular weight excluding hydrogens is 422 g/mol. The molecule has 0 aromatic carbocycles. The van der Waals surface area contributed by atoms with Crippen LogP contribution < -0.4 is 0 Å². The third kappa shape index (κ3) is 6.55. The number of esters is 1. The van der Waals surface area contributed by atoms with Gasteiger partial charge in [0.1, 0.15) is 18.3 Å². The van der Waals surface area contributed by atoms with Crippen molar-refractivity contribution in [2.24, 2.45) is 5.92 Å². The highest BCUT2D eigenvalue weighted by molar-refractivity contribution is 5.98. The van der Waals surface area contributed by atoms with Gasteiger partial charge in [-0.05, 0) is 79.4 Å². The van der Waals surface area contributed by atoms with E-state index in [-0.39, 0.29) is 29.4 Å². The molecule has 1 aliphatic carbocycles. The number of ether oxygens (including phenoxy) is 2. The molecule has 0 aromatic heterocycles. The van der Waals surface area contributed by atoms with Crippen molar-refractivity contribution in [1.82, 2.24) is 14.7 Å². The molecule has 3 fully saturated rings. The van der Waals surface area contributed by atoms with E-state index >= 15 is 0 Å². The predicted molar refractivity (Wildman–Crippen MR) is 126 cm³/mol. The maximum absolute atomic E-state index is 12.8. The smallest absolute Gasteiger partial charge is 0.316 e. The maximum atomic E-state index is 12.8. The minimum atomic E-state index is -0.770. The number of hydrogen-bond acceptors (Lipinski definition) is 7. The number of amides is 1. The van der Waals surface area contributed by atoms with Crippen LogP contribution in [0, 0.1) is 5.92 Å². The van der Waals surface area contributed by atoms with Crippen LogP contribution in [0.4, 0.5) is 0 Å². The standard InChI is InChI=1S/C25H43N3O5/c1-19-21(29)9-11-24(2,32-5)10-6-14-27(4)25(18-33-23(19)31)12-15-28(16-13-25)22(30)17-26(3)20-7-8-20/h19-20H,6-18H2,1-5H3/t19?,24-/m1/s1. The number of ketones is 1. The third-order valence-electron chi connectivity index (χ3n) is 8.32. The number of piperidine rings is 1. The SMILES string of the molecule is CO[C@]1(C)CCCN(C)C2(CCN(C(=O)CN(C)C3CC3)CC2)COC(=O)C(C)C(=O)CC1. The van der Waals surface area contributed by atoms with Gasteiger partial charge in [-0.25, -0.2) is 0 Å². The lowest BCUT2D eigenvalue weighted by Gasteiger charge is -2.47. The van der Waals surface area contributed by atoms with Crippen LogP contribution in [0.5, 0.6) is 0 Å². The molecule has 2 aliphatic heterocycles. The molecule has 188 valence electrons. The largest absolute Gasteiger partial charge is 0.463 e. The quantitative estimate of drug-likeness (QED) is 0.465. The van der Waals surface area contributed by atoms with Crippen molar-refractivity contribution in [3.8, 4) is 0 Å². The second-order valence-corrected chi connectivity index (χ2v) is 10.7. The second kappa shape index (κ2) is 10.8. The lowest BCUT2D eigenvalue weighted by molar-refractivity contribution is -0.157. The Morgan fingerprint density at radius 3 is 2.42 bits per heavy atom. The summed E-state index contributed by atoms with van der Waals surface area (Å²) in [6, 6.07) is 0.563. The lowest BCUT2D eigenvalue weighted by Crippen LogP contribution is -2.58. The van der Waals surface area contributed by atoms with Crippen molar-refractivity contribution in [1.29, 1.82) is 0 Å². The summed E-state index contributed by atoms with van der Waals surface area (Å²) < 4.78 is 11.5. The Hall–Kier alpha value is -1.51. The van der Waals surface area contributed by atoms with E-state index in [1.807, 2.05) is 18.9 Å². The van der Waals surface area contributed by atoms with Gasteiger partial charge in [0.15, 0.2) is 0 Å². The summed E-state index contributed by atoms with van der Waals surface area (Å²) in [6.07, 6.45) is 6.56. The van der Waals surface area contributed by atoms with Crippen LogP contribution in [-0.2, 0) is 23.9 Å². The van der Waals surface area contributed by atoms with E-state index in [1.165, 1.54) is 12.8 Å². The fraction of sp³-hybridized carbons (Fsp3) is 0.880. The molecule has 8 heteroatoms. The minimum Gasteiger partial charge on any atom is -0.463 e. The van der Waals surface area contributed by atoms with Crippen LogP contribution in [0.15, 0.2) is 0 Å². The normalized spacial score (nSPS) is 30.5. The molecule has 33 heavy (non-hydrogen) atoms. The molecule has 1 unspecified atom stereocenters. The van der Waals surface area contributed by atoms with Gasteiger partial charge in [0.25, 0.3) is 0 Å². The topological polar surface area (TPSA) is 79.4 Å². The van der Waals surface area contributed by atoms with E-state index in [4.69, 9.17) is 9.47 Å². The first-order valence-corrected chi connectivity index (χ1v) is 12.5. The van der Waals surface area contributed by atoms with Crippen LogP contribution in [0.1, 0.15) is 65.2 Å². The number of nitrogens with zero attached hydrogens (tertiary/aromatic N) is 3. The van der Waals surface area contributed by atoms with Gasteiger partial charge in [-0.1, -0.05) is 0 Å². The predicted octanol–water partition coefficient (Wildman–Crippen LogP) is 2.10. The van der Waals surface area contributed by atoms with Gasteiger partial charge in [0, 0.05) is 32.7 Å². The van der Waals surface area contributed by atoms with E-state index in [0.717, 1.165) is 32.2 Å². The average molecular weight is 466 g/mol. The fourth-order valence-corrected chi connectivity index (χ4v) is 5.09. The summed E-state index contributed by atoms with van der Waals surface area (Å²) >= 11 is 0. The molecule has 2 heterocycles. The van der Waals surface area contributed by atoms with Gasteiger partial charge in [0.2, 0.25) is 5.91 Å². The van der Waals surface area contributed by atoms with Crippen molar-refractivity contribution in [2.45, 2.75) is 82.4 Å². The number of hydrogen-bond donors (Lipinski definition) is 0. The Kier molecular flexibility index (Phi) is 8.56. The fourth-order valence-electron chi connectivity index (χ4n) is 5.09. The van der Waals surface area contributed by atoms with Crippen LogP contribution >= 0.6 is 0 Å². The van der Waals surface area contributed by atoms with Crippen molar-refractivity contribution in [2.75, 3.05) is 54.0 Å². The molecule has 1 saturated carbocycles. The van der Waals surface area contributed by atoms with Crippen LogP contribution in [0.25, 0.3) is 0 Å². The molecule has 3 rings (SSSR count). The highest BCUT2D eigenvalue weighted by Gasteiger charge is 2.42. The number of likely N-dealkylation sites (tertiary alicyclic amines) is 1. The molecule has 3 aliphatic rings. The van der Waals surface area contributed by atoms with E-state index in [2.05, 4.69) is 16.8 Å². The Morgan fingerprint density at radius 1 is 1.15 bits per heavy atom. The number of carbonyl (C=O) groups excluding carboxylic acids is 3. The Balaban J connectivity index is 1.68. The molecule has 1 spiro atoms. The van der Waals surface area contributed by atoms with Crippen molar-refractivity contribution in [3.63, 3.8) is 0 Å². The zero-order chi connectivity index (χ0) is 24.2. The first kappa shape index (κ1) is 26.1. The first-order valence-electron chi connectivity index (χ1n) is 12.5. The van der Waals surface area contributed by atoms with Gasteiger partial charge in [-0.15, -0.1) is 0 Å². The van der Waals surface area contributed by atoms with Gasteiger partial charge in [-0.2, -0.15) is 0 Å². The van der Waals surface area contributed by atoms with E-state index in [9.17, 15) is 14.4 Å². The van der Waals surface area contributed by atoms with Crippen LogP contribution in [-0.4, -0.2) is 104 Å². The number of methoxy groups -OCH3 is 1. The van der Waals surface area contributed by atoms with Gasteiger partial charge in [-0.3, -0.25) is 24.2 Å². The summed E-state index contributed by atoms with van der Waals surface area (Å²) in [6.45, 7) is 6.57. The Labute approximate surface area is 198 Å². The maximum Gasteiger partial charge on any atom is 0.316 e. The highest BCUT2D eigenvalue weighted by atomic mass is 16.5. The number of Topliss-reactive ketones (excluding diaryl/α,β-unsaturated/α-hetero) is 1. The Morgan fingerprint density at radius 2 is 1.82 bits per heavy atom. The van der Waals surface area contributed by atoms with Crippen molar-refractivity contribution in [3.05, 3.63) is 0 Å². The van der Waals surface area contributed by atoms with Gasteiger partial charge in [0.05, 0.1) is 17.7 Å². The molecule has 2 atom stereocenters. The molecule has 0 radical (unpaired) electrons. The molecule has 8 nitrogen and oxygen atoms in total. The summed E-state index contributed by atoms with van der Waals surface area (Å²) in [7, 11) is 5.81. The van der Waals surface area contributed by atoms with Crippen molar-refractivity contribution < 1.29 is 23.9 Å². The van der Waals surface area contributed by atoms with E-state index in [1.54, 1.807) is 14.0 Å². The van der Waals surface area contributed by atoms with Gasteiger partial charge >= 0.3 is 5.97 Å². The number of likely N-dealkylation sites (N-methyl/N-ethyl adjacent to an activating group) is 2. The number of carbonyl (C=O) groups is 3. The first-order chi connectivity index (χ1) is 15.6. The molecule has 2 saturated heterocycles. The zero-order valence-corrected chi connectivity index (χ0v) is 21.2. The Bertz CT molecular complexity index is 717. The number of rotatable bonds is 4. The third-order valence-corrected chi connectivity index (χ3v) is 8.32. The molecule has 0 bridgehead atoms. The lowest BCUT2D eigenvalue weighted by atomic mass is 9.86. The number of cyclic esters (lactones) is 1. The molecule has 0 aromatic rings. The minimum absolute atomic E-state index is 0.0925.